The molecular formula is C14H24N2O3. The van der Waals surface area contributed by atoms with Gasteiger partial charge in [-0.15, -0.1) is 6.58 Å². The van der Waals surface area contributed by atoms with Crippen molar-refractivity contribution in [1.29, 1.82) is 0 Å². The van der Waals surface area contributed by atoms with Crippen molar-refractivity contribution in [2.45, 2.75) is 51.0 Å². The third kappa shape index (κ3) is 4.35. The van der Waals surface area contributed by atoms with Gasteiger partial charge in [0.05, 0.1) is 11.5 Å². The SMILES string of the molecule is C=CCC(N)C(=O)NCC1(C(=O)O)CCCCCC1. The molecule has 1 aliphatic carbocycles. The summed E-state index contributed by atoms with van der Waals surface area (Å²) >= 11 is 0. The lowest BCUT2D eigenvalue weighted by molar-refractivity contribution is -0.149. The molecule has 0 radical (unpaired) electrons. The molecule has 0 aromatic heterocycles. The molecule has 0 aromatic rings. The van der Waals surface area contributed by atoms with Crippen molar-refractivity contribution >= 4 is 11.9 Å². The molecule has 5 nitrogen and oxygen atoms in total. The van der Waals surface area contributed by atoms with Gasteiger partial charge in [-0.25, -0.2) is 0 Å². The van der Waals surface area contributed by atoms with Gasteiger partial charge in [0.25, 0.3) is 0 Å². The molecule has 5 heteroatoms. The maximum Gasteiger partial charge on any atom is 0.311 e. The summed E-state index contributed by atoms with van der Waals surface area (Å²) in [6.07, 6.45) is 7.17. The van der Waals surface area contributed by atoms with Crippen LogP contribution >= 0.6 is 0 Å². The molecular weight excluding hydrogens is 244 g/mol. The maximum absolute atomic E-state index is 11.7. The summed E-state index contributed by atoms with van der Waals surface area (Å²) in [6.45, 7) is 3.71. The van der Waals surface area contributed by atoms with Crippen LogP contribution in [0.25, 0.3) is 0 Å². The Morgan fingerprint density at radius 2 is 1.89 bits per heavy atom. The van der Waals surface area contributed by atoms with E-state index < -0.39 is 17.4 Å². The summed E-state index contributed by atoms with van der Waals surface area (Å²) < 4.78 is 0. The Hall–Kier alpha value is -1.36. The molecule has 1 saturated carbocycles. The largest absolute Gasteiger partial charge is 0.481 e. The highest BCUT2D eigenvalue weighted by Crippen LogP contribution is 2.34. The van der Waals surface area contributed by atoms with Gasteiger partial charge in [-0.05, 0) is 19.3 Å². The third-order valence-corrected chi connectivity index (χ3v) is 3.87. The average Bonchev–Trinajstić information content (AvgIpc) is 2.62. The molecule has 0 aromatic carbocycles. The van der Waals surface area contributed by atoms with Crippen LogP contribution in [0.5, 0.6) is 0 Å². The first-order valence-corrected chi connectivity index (χ1v) is 6.89. The lowest BCUT2D eigenvalue weighted by Gasteiger charge is -2.28. The van der Waals surface area contributed by atoms with Gasteiger partial charge in [0.15, 0.2) is 0 Å². The first-order valence-electron chi connectivity index (χ1n) is 6.89. The molecule has 1 amide bonds. The fraction of sp³-hybridized carbons (Fsp3) is 0.714. The molecule has 0 bridgehead atoms. The minimum atomic E-state index is -0.819. The van der Waals surface area contributed by atoms with E-state index in [-0.39, 0.29) is 12.5 Å². The molecule has 0 heterocycles. The number of carboxylic acids is 1. The molecule has 1 fully saturated rings. The van der Waals surface area contributed by atoms with Gasteiger partial charge in [0, 0.05) is 6.54 Å². The van der Waals surface area contributed by atoms with Crippen LogP contribution in [0.3, 0.4) is 0 Å². The molecule has 108 valence electrons. The van der Waals surface area contributed by atoms with Crippen LogP contribution in [0.4, 0.5) is 0 Å². The van der Waals surface area contributed by atoms with E-state index in [0.29, 0.717) is 19.3 Å². The number of carbonyl (C=O) groups excluding carboxylic acids is 1. The lowest BCUT2D eigenvalue weighted by Crippen LogP contribution is -2.47. The minimum Gasteiger partial charge on any atom is -0.481 e. The molecule has 0 saturated heterocycles. The van der Waals surface area contributed by atoms with Gasteiger partial charge in [0.1, 0.15) is 0 Å². The van der Waals surface area contributed by atoms with E-state index in [2.05, 4.69) is 11.9 Å². The number of hydrogen-bond acceptors (Lipinski definition) is 3. The van der Waals surface area contributed by atoms with Crippen LogP contribution in [-0.2, 0) is 9.59 Å². The summed E-state index contributed by atoms with van der Waals surface area (Å²) in [5.74, 6) is -1.11. The Labute approximate surface area is 114 Å². The molecule has 1 aliphatic rings. The van der Waals surface area contributed by atoms with E-state index in [1.807, 2.05) is 0 Å². The number of hydrogen-bond donors (Lipinski definition) is 3. The van der Waals surface area contributed by atoms with Crippen molar-refractivity contribution in [2.24, 2.45) is 11.1 Å². The fourth-order valence-electron chi connectivity index (χ4n) is 2.55. The highest BCUT2D eigenvalue weighted by molar-refractivity contribution is 5.83. The maximum atomic E-state index is 11.7. The second-order valence-corrected chi connectivity index (χ2v) is 5.35. The van der Waals surface area contributed by atoms with Crippen LogP contribution < -0.4 is 11.1 Å². The van der Waals surface area contributed by atoms with E-state index >= 15 is 0 Å². The number of rotatable bonds is 6. The number of nitrogens with two attached hydrogens (primary N) is 1. The molecule has 1 unspecified atom stereocenters. The molecule has 4 N–H and O–H groups in total. The van der Waals surface area contributed by atoms with Crippen molar-refractivity contribution in [3.05, 3.63) is 12.7 Å². The van der Waals surface area contributed by atoms with Gasteiger partial charge in [-0.1, -0.05) is 31.8 Å². The Bertz CT molecular complexity index is 334. The van der Waals surface area contributed by atoms with E-state index in [1.165, 1.54) is 0 Å². The third-order valence-electron chi connectivity index (χ3n) is 3.87. The van der Waals surface area contributed by atoms with E-state index in [1.54, 1.807) is 6.08 Å². The van der Waals surface area contributed by atoms with Crippen LogP contribution in [0.1, 0.15) is 44.9 Å². The predicted octanol–water partition coefficient (Wildman–Crippen LogP) is 1.43. The summed E-state index contributed by atoms with van der Waals surface area (Å²) in [5, 5.41) is 12.2. The van der Waals surface area contributed by atoms with E-state index in [4.69, 9.17) is 5.73 Å². The highest BCUT2D eigenvalue weighted by atomic mass is 16.4. The van der Waals surface area contributed by atoms with Gasteiger partial charge >= 0.3 is 5.97 Å². The zero-order chi connectivity index (χ0) is 14.3. The van der Waals surface area contributed by atoms with Crippen LogP contribution in [-0.4, -0.2) is 29.6 Å². The summed E-state index contributed by atoms with van der Waals surface area (Å²) in [7, 11) is 0. The Morgan fingerprint density at radius 1 is 1.32 bits per heavy atom. The topological polar surface area (TPSA) is 92.4 Å². The van der Waals surface area contributed by atoms with Crippen molar-refractivity contribution in [3.8, 4) is 0 Å². The Morgan fingerprint density at radius 3 is 2.37 bits per heavy atom. The first-order chi connectivity index (χ1) is 9.02. The number of carbonyl (C=O) groups is 2. The summed E-state index contributed by atoms with van der Waals surface area (Å²) in [6, 6.07) is -0.644. The van der Waals surface area contributed by atoms with Gasteiger partial charge in [-0.3, -0.25) is 9.59 Å². The average molecular weight is 268 g/mol. The number of amides is 1. The smallest absolute Gasteiger partial charge is 0.311 e. The number of carboxylic acid groups (broad SMARTS) is 1. The zero-order valence-corrected chi connectivity index (χ0v) is 11.4. The van der Waals surface area contributed by atoms with E-state index in [9.17, 15) is 14.7 Å². The quantitative estimate of drug-likeness (QED) is 0.502. The van der Waals surface area contributed by atoms with E-state index in [0.717, 1.165) is 25.7 Å². The first kappa shape index (κ1) is 15.7. The van der Waals surface area contributed by atoms with Gasteiger partial charge in [0.2, 0.25) is 5.91 Å². The number of aliphatic carboxylic acids is 1. The summed E-state index contributed by atoms with van der Waals surface area (Å²) in [5.41, 5.74) is 4.84. The Kier molecular flexibility index (Phi) is 6.02. The molecule has 0 spiro atoms. The van der Waals surface area contributed by atoms with Gasteiger partial charge in [-0.2, -0.15) is 0 Å². The van der Waals surface area contributed by atoms with Crippen molar-refractivity contribution in [3.63, 3.8) is 0 Å². The Balaban J connectivity index is 2.61. The second-order valence-electron chi connectivity index (χ2n) is 5.35. The van der Waals surface area contributed by atoms with Crippen molar-refractivity contribution in [1.82, 2.24) is 5.32 Å². The standard InChI is InChI=1S/C14H24N2O3/c1-2-7-11(15)12(17)16-10-14(13(18)19)8-5-3-4-6-9-14/h2,11H,1,3-10,15H2,(H,16,17)(H,18,19). The minimum absolute atomic E-state index is 0.173. The monoisotopic (exact) mass is 268 g/mol. The van der Waals surface area contributed by atoms with Crippen LogP contribution in [0.15, 0.2) is 12.7 Å². The number of nitrogens with one attached hydrogen (secondary N) is 1. The molecule has 0 aliphatic heterocycles. The van der Waals surface area contributed by atoms with Crippen LogP contribution in [0.2, 0.25) is 0 Å². The summed E-state index contributed by atoms with van der Waals surface area (Å²) in [4.78, 5) is 23.3. The second kappa shape index (κ2) is 7.28. The lowest BCUT2D eigenvalue weighted by atomic mass is 9.80. The van der Waals surface area contributed by atoms with Gasteiger partial charge < -0.3 is 16.2 Å². The van der Waals surface area contributed by atoms with Crippen molar-refractivity contribution < 1.29 is 14.7 Å². The fourth-order valence-corrected chi connectivity index (χ4v) is 2.55. The highest BCUT2D eigenvalue weighted by Gasteiger charge is 2.39. The van der Waals surface area contributed by atoms with Crippen LogP contribution in [0, 0.1) is 5.41 Å². The molecule has 1 rings (SSSR count). The molecule has 19 heavy (non-hydrogen) atoms. The predicted molar refractivity (Wildman–Crippen MR) is 73.6 cm³/mol. The normalized spacial score (nSPS) is 20.1. The molecule has 1 atom stereocenters. The zero-order valence-electron chi connectivity index (χ0n) is 11.4. The van der Waals surface area contributed by atoms with Crippen molar-refractivity contribution in [2.75, 3.05) is 6.54 Å².